The van der Waals surface area contributed by atoms with Gasteiger partial charge in [-0.1, -0.05) is 18.2 Å². The van der Waals surface area contributed by atoms with Crippen LogP contribution in [-0.4, -0.2) is 33.9 Å². The lowest BCUT2D eigenvalue weighted by atomic mass is 10.2. The molecular weight excluding hydrogens is 381 g/mol. The molecule has 148 valence electrons. The number of carbonyl (C=O) groups excluding carboxylic acids is 3. The Morgan fingerprint density at radius 2 is 1.79 bits per heavy atom. The molecule has 3 aromatic rings. The molecule has 3 amide bonds. The lowest BCUT2D eigenvalue weighted by Crippen LogP contribution is -2.28. The van der Waals surface area contributed by atoms with Crippen LogP contribution in [0.2, 0.25) is 0 Å². The number of hydrogen-bond acceptors (Lipinski definition) is 5. The van der Waals surface area contributed by atoms with E-state index in [1.165, 1.54) is 16.7 Å². The molecule has 0 bridgehead atoms. The number of aromatic hydroxyl groups is 1. The van der Waals surface area contributed by atoms with Gasteiger partial charge in [0.15, 0.2) is 5.69 Å². The van der Waals surface area contributed by atoms with E-state index < -0.39 is 30.1 Å². The predicted octanol–water partition coefficient (Wildman–Crippen LogP) is 2.01. The Hall–Kier alpha value is -4.08. The molecule has 0 atom stereocenters. The van der Waals surface area contributed by atoms with Crippen LogP contribution < -0.4 is 11.1 Å². The lowest BCUT2D eigenvalue weighted by molar-refractivity contribution is -0.119. The number of nitrogens with one attached hydrogen (secondary N) is 1. The summed E-state index contributed by atoms with van der Waals surface area (Å²) in [6.07, 6.45) is 0. The highest BCUT2D eigenvalue weighted by atomic mass is 19.1. The van der Waals surface area contributed by atoms with E-state index in [2.05, 4.69) is 15.5 Å². The Balaban J connectivity index is 1.74. The Labute approximate surface area is 163 Å². The molecule has 0 aliphatic heterocycles. The number of benzene rings is 2. The lowest BCUT2D eigenvalue weighted by Gasteiger charge is -2.03. The smallest absolute Gasteiger partial charge is 0.283 e. The van der Waals surface area contributed by atoms with Crippen molar-refractivity contribution in [2.45, 2.75) is 6.54 Å². The Kier molecular flexibility index (Phi) is 5.63. The van der Waals surface area contributed by atoms with E-state index >= 15 is 0 Å². The summed E-state index contributed by atoms with van der Waals surface area (Å²) in [5, 5.41) is 20.4. The third-order valence-corrected chi connectivity index (χ3v) is 4.00. The van der Waals surface area contributed by atoms with Crippen molar-refractivity contribution < 1.29 is 23.9 Å². The molecule has 29 heavy (non-hydrogen) atoms. The zero-order valence-corrected chi connectivity index (χ0v) is 15.0. The third kappa shape index (κ3) is 4.43. The number of primary amides is 1. The first-order valence-corrected chi connectivity index (χ1v) is 8.43. The van der Waals surface area contributed by atoms with Crippen LogP contribution in [0.1, 0.15) is 10.4 Å². The van der Waals surface area contributed by atoms with Gasteiger partial charge in [0.1, 0.15) is 18.9 Å². The second kappa shape index (κ2) is 8.30. The second-order valence-corrected chi connectivity index (χ2v) is 6.03. The molecule has 2 aromatic carbocycles. The minimum absolute atomic E-state index is 0.0000566. The van der Waals surface area contributed by atoms with Gasteiger partial charge in [0.2, 0.25) is 11.8 Å². The van der Waals surface area contributed by atoms with Gasteiger partial charge in [-0.25, -0.2) is 4.39 Å². The van der Waals surface area contributed by atoms with E-state index in [0.717, 1.165) is 12.1 Å². The van der Waals surface area contributed by atoms with Gasteiger partial charge in [0.25, 0.3) is 11.8 Å². The quantitative estimate of drug-likeness (QED) is 0.548. The average molecular weight is 397 g/mol. The minimum Gasteiger partial charge on any atom is -0.493 e. The molecule has 0 saturated heterocycles. The van der Waals surface area contributed by atoms with Gasteiger partial charge in [0, 0.05) is 10.9 Å². The van der Waals surface area contributed by atoms with Gasteiger partial charge >= 0.3 is 0 Å². The number of nitrogens with two attached hydrogens (primary N) is 1. The number of azo groups is 1. The molecular formula is C19H16FN5O4. The second-order valence-electron chi connectivity index (χ2n) is 6.03. The number of aromatic nitrogens is 1. The highest BCUT2D eigenvalue weighted by Gasteiger charge is 2.18. The molecule has 3 rings (SSSR count). The molecule has 0 fully saturated rings. The van der Waals surface area contributed by atoms with Gasteiger partial charge in [-0.2, -0.15) is 0 Å². The zero-order valence-electron chi connectivity index (χ0n) is 15.0. The number of halogens is 1. The third-order valence-electron chi connectivity index (χ3n) is 4.00. The van der Waals surface area contributed by atoms with Gasteiger partial charge in [0.05, 0.1) is 5.52 Å². The molecule has 1 heterocycles. The molecule has 0 aliphatic rings. The Bertz CT molecular complexity index is 1120. The summed E-state index contributed by atoms with van der Waals surface area (Å²) in [5.74, 6) is -2.86. The van der Waals surface area contributed by atoms with Crippen molar-refractivity contribution in [1.29, 1.82) is 0 Å². The summed E-state index contributed by atoms with van der Waals surface area (Å²) in [6.45, 7) is -0.718. The fraction of sp³-hybridized carbons (Fsp3) is 0.105. The van der Waals surface area contributed by atoms with Crippen LogP contribution in [0, 0.1) is 5.82 Å². The number of hydrogen-bond donors (Lipinski definition) is 3. The minimum atomic E-state index is -0.772. The van der Waals surface area contributed by atoms with E-state index in [1.54, 1.807) is 24.3 Å². The summed E-state index contributed by atoms with van der Waals surface area (Å²) in [4.78, 5) is 35.1. The van der Waals surface area contributed by atoms with Crippen LogP contribution in [0.15, 0.2) is 58.8 Å². The molecule has 10 heteroatoms. The normalized spacial score (nSPS) is 11.1. The summed E-state index contributed by atoms with van der Waals surface area (Å²) in [5.41, 5.74) is 5.88. The van der Waals surface area contributed by atoms with Crippen molar-refractivity contribution in [2.24, 2.45) is 16.0 Å². The highest BCUT2D eigenvalue weighted by Crippen LogP contribution is 2.38. The number of nitrogens with zero attached hydrogens (tertiary/aromatic N) is 3. The number of rotatable bonds is 6. The molecule has 0 radical (unpaired) electrons. The maximum absolute atomic E-state index is 12.9. The summed E-state index contributed by atoms with van der Waals surface area (Å²) in [6, 6.07) is 11.5. The number of para-hydroxylation sites is 1. The van der Waals surface area contributed by atoms with Crippen molar-refractivity contribution in [1.82, 2.24) is 9.88 Å². The van der Waals surface area contributed by atoms with Gasteiger partial charge in [-0.05, 0) is 30.3 Å². The van der Waals surface area contributed by atoms with Crippen molar-refractivity contribution in [2.75, 3.05) is 6.54 Å². The first kappa shape index (κ1) is 19.7. The van der Waals surface area contributed by atoms with Crippen LogP contribution in [0.5, 0.6) is 5.88 Å². The molecule has 0 saturated carbocycles. The van der Waals surface area contributed by atoms with Crippen molar-refractivity contribution >= 4 is 34.3 Å². The highest BCUT2D eigenvalue weighted by molar-refractivity contribution is 5.97. The average Bonchev–Trinajstić information content (AvgIpc) is 2.96. The fourth-order valence-corrected chi connectivity index (χ4v) is 2.69. The van der Waals surface area contributed by atoms with E-state index in [-0.39, 0.29) is 23.7 Å². The molecule has 9 nitrogen and oxygen atoms in total. The van der Waals surface area contributed by atoms with Gasteiger partial charge in [-0.15, -0.1) is 10.2 Å². The fourth-order valence-electron chi connectivity index (χ4n) is 2.69. The number of fused-ring (bicyclic) bond motifs is 1. The first-order valence-electron chi connectivity index (χ1n) is 8.43. The number of amides is 3. The molecule has 4 N–H and O–H groups in total. The molecule has 0 aliphatic carbocycles. The number of carbonyl (C=O) groups is 3. The SMILES string of the molecule is NC(=O)Cn1c(O)c(N=NC(=O)CNC(=O)c2ccc(F)cc2)c2ccccc21. The van der Waals surface area contributed by atoms with Crippen LogP contribution in [0.4, 0.5) is 10.1 Å². The first-order chi connectivity index (χ1) is 13.9. The summed E-state index contributed by atoms with van der Waals surface area (Å²) < 4.78 is 14.1. The van der Waals surface area contributed by atoms with Crippen molar-refractivity contribution in [3.05, 3.63) is 59.9 Å². The standard InChI is InChI=1S/C19H16FN5O4/c20-12-7-5-11(6-8-12)18(28)22-9-16(27)23-24-17-13-3-1-2-4-14(13)25(19(17)29)10-15(21)26/h1-8,29H,9-10H2,(H2,21,26)(H,22,28). The Morgan fingerprint density at radius 3 is 2.48 bits per heavy atom. The van der Waals surface area contributed by atoms with Crippen molar-refractivity contribution in [3.8, 4) is 5.88 Å². The van der Waals surface area contributed by atoms with Crippen LogP contribution >= 0.6 is 0 Å². The maximum Gasteiger partial charge on any atom is 0.283 e. The van der Waals surface area contributed by atoms with Crippen molar-refractivity contribution in [3.63, 3.8) is 0 Å². The van der Waals surface area contributed by atoms with E-state index in [1.807, 2.05) is 0 Å². The van der Waals surface area contributed by atoms with E-state index in [9.17, 15) is 23.9 Å². The molecule has 0 unspecified atom stereocenters. The van der Waals surface area contributed by atoms with E-state index in [4.69, 9.17) is 5.73 Å². The monoisotopic (exact) mass is 397 g/mol. The largest absolute Gasteiger partial charge is 0.493 e. The topological polar surface area (TPSA) is 139 Å². The summed E-state index contributed by atoms with van der Waals surface area (Å²) >= 11 is 0. The van der Waals surface area contributed by atoms with Crippen LogP contribution in [0.3, 0.4) is 0 Å². The van der Waals surface area contributed by atoms with Crippen LogP contribution in [-0.2, 0) is 16.1 Å². The molecule has 1 aromatic heterocycles. The molecule has 0 spiro atoms. The van der Waals surface area contributed by atoms with Crippen LogP contribution in [0.25, 0.3) is 10.9 Å². The van der Waals surface area contributed by atoms with Gasteiger partial charge < -0.3 is 20.7 Å². The maximum atomic E-state index is 12.9. The summed E-state index contributed by atoms with van der Waals surface area (Å²) in [7, 11) is 0. The van der Waals surface area contributed by atoms with Gasteiger partial charge in [-0.3, -0.25) is 14.4 Å². The Morgan fingerprint density at radius 1 is 1.10 bits per heavy atom. The zero-order chi connectivity index (χ0) is 21.0. The predicted molar refractivity (Wildman–Crippen MR) is 101 cm³/mol. The van der Waals surface area contributed by atoms with E-state index in [0.29, 0.717) is 10.9 Å².